The van der Waals surface area contributed by atoms with Crippen molar-refractivity contribution in [1.29, 1.82) is 0 Å². The van der Waals surface area contributed by atoms with Crippen molar-refractivity contribution < 1.29 is 9.59 Å². The van der Waals surface area contributed by atoms with Crippen LogP contribution < -0.4 is 10.6 Å². The predicted molar refractivity (Wildman–Crippen MR) is 102 cm³/mol. The molecule has 0 radical (unpaired) electrons. The van der Waals surface area contributed by atoms with Crippen molar-refractivity contribution in [3.63, 3.8) is 0 Å². The smallest absolute Gasteiger partial charge is 0.223 e. The van der Waals surface area contributed by atoms with Crippen LogP contribution in [0.5, 0.6) is 0 Å². The van der Waals surface area contributed by atoms with Crippen molar-refractivity contribution in [3.8, 4) is 0 Å². The molecule has 4 heteroatoms. The lowest BCUT2D eigenvalue weighted by Crippen LogP contribution is -2.43. The lowest BCUT2D eigenvalue weighted by molar-refractivity contribution is -0.130. The number of amides is 2. The van der Waals surface area contributed by atoms with Gasteiger partial charge in [0.2, 0.25) is 11.8 Å². The van der Waals surface area contributed by atoms with Gasteiger partial charge in [0.05, 0.1) is 0 Å². The van der Waals surface area contributed by atoms with Crippen molar-refractivity contribution in [2.24, 2.45) is 22.7 Å². The second kappa shape index (κ2) is 8.87. The van der Waals surface area contributed by atoms with Crippen molar-refractivity contribution in [2.45, 2.75) is 94.2 Å². The van der Waals surface area contributed by atoms with E-state index in [2.05, 4.69) is 45.3 Å². The number of hydrogen-bond acceptors (Lipinski definition) is 2. The van der Waals surface area contributed by atoms with Gasteiger partial charge in [-0.1, -0.05) is 48.5 Å². The number of rotatable bonds is 8. The highest BCUT2D eigenvalue weighted by atomic mass is 16.2. The molecule has 4 nitrogen and oxygen atoms in total. The van der Waals surface area contributed by atoms with Crippen LogP contribution in [0.3, 0.4) is 0 Å². The molecule has 0 aromatic rings. The Morgan fingerprint density at radius 2 is 1.25 bits per heavy atom. The lowest BCUT2D eigenvalue weighted by Gasteiger charge is -2.33. The summed E-state index contributed by atoms with van der Waals surface area (Å²) in [6.45, 7) is 20.5. The molecule has 0 aliphatic rings. The highest BCUT2D eigenvalue weighted by molar-refractivity contribution is 5.79. The fourth-order valence-electron chi connectivity index (χ4n) is 2.40. The maximum absolute atomic E-state index is 12.3. The monoisotopic (exact) mass is 340 g/mol. The van der Waals surface area contributed by atoms with Gasteiger partial charge in [-0.25, -0.2) is 0 Å². The van der Waals surface area contributed by atoms with E-state index >= 15 is 0 Å². The molecule has 0 saturated carbocycles. The number of carbonyl (C=O) groups excluding carboxylic acids is 2. The van der Waals surface area contributed by atoms with Crippen molar-refractivity contribution in [2.75, 3.05) is 0 Å². The van der Waals surface area contributed by atoms with Gasteiger partial charge in [-0.15, -0.1) is 0 Å². The van der Waals surface area contributed by atoms with Crippen LogP contribution in [0.15, 0.2) is 0 Å². The molecule has 0 saturated heterocycles. The molecule has 0 aromatic carbocycles. The molecule has 0 aromatic heterocycles. The first-order chi connectivity index (χ1) is 10.7. The molecule has 0 heterocycles. The third kappa shape index (κ3) is 7.67. The fraction of sp³-hybridized carbons (Fsp3) is 0.900. The van der Waals surface area contributed by atoms with E-state index in [-0.39, 0.29) is 46.6 Å². The Bertz CT molecular complexity index is 422. The average molecular weight is 341 g/mol. The maximum atomic E-state index is 12.3. The molecule has 2 amide bonds. The van der Waals surface area contributed by atoms with Gasteiger partial charge in [0.1, 0.15) is 0 Å². The van der Waals surface area contributed by atoms with Crippen LogP contribution in [0, 0.1) is 22.7 Å². The molecule has 24 heavy (non-hydrogen) atoms. The SMILES string of the molecule is CC(C)NC(=O)[C@H](C)C(C)(C)CCC(C)NC(=O)[C@@H](C)C(C)(C)C. The lowest BCUT2D eigenvalue weighted by atomic mass is 9.75. The number of nitrogens with one attached hydrogen (secondary N) is 2. The summed E-state index contributed by atoms with van der Waals surface area (Å²) in [7, 11) is 0. The van der Waals surface area contributed by atoms with Gasteiger partial charge >= 0.3 is 0 Å². The van der Waals surface area contributed by atoms with E-state index in [4.69, 9.17) is 0 Å². The quantitative estimate of drug-likeness (QED) is 0.697. The summed E-state index contributed by atoms with van der Waals surface area (Å²) in [5.41, 5.74) is -0.139. The Morgan fingerprint density at radius 3 is 1.67 bits per heavy atom. The minimum Gasteiger partial charge on any atom is -0.354 e. The second-order valence-electron chi connectivity index (χ2n) is 9.41. The predicted octanol–water partition coefficient (Wildman–Crippen LogP) is 4.14. The molecule has 0 fully saturated rings. The van der Waals surface area contributed by atoms with E-state index in [0.717, 1.165) is 12.8 Å². The van der Waals surface area contributed by atoms with Crippen LogP contribution >= 0.6 is 0 Å². The van der Waals surface area contributed by atoms with Crippen LogP contribution in [-0.4, -0.2) is 23.9 Å². The van der Waals surface area contributed by atoms with Crippen LogP contribution in [0.2, 0.25) is 0 Å². The van der Waals surface area contributed by atoms with Gasteiger partial charge in [0, 0.05) is 23.9 Å². The van der Waals surface area contributed by atoms with Gasteiger partial charge in [0.15, 0.2) is 0 Å². The summed E-state index contributed by atoms with van der Waals surface area (Å²) >= 11 is 0. The van der Waals surface area contributed by atoms with Gasteiger partial charge in [-0.2, -0.15) is 0 Å². The van der Waals surface area contributed by atoms with Gasteiger partial charge in [0.25, 0.3) is 0 Å². The Hall–Kier alpha value is -1.06. The van der Waals surface area contributed by atoms with E-state index in [1.807, 2.05) is 34.6 Å². The molecule has 3 atom stereocenters. The molecular weight excluding hydrogens is 300 g/mol. The summed E-state index contributed by atoms with van der Waals surface area (Å²) in [5, 5.41) is 6.11. The standard InChI is InChI=1S/C20H40N2O2/c1-13(2)21-18(24)16(5)20(9,10)12-11-14(3)22-17(23)15(4)19(6,7)8/h13-16H,11-12H2,1-10H3,(H,21,24)(H,22,23)/t14?,15-,16+/m1/s1. The molecule has 0 rings (SSSR count). The summed E-state index contributed by atoms with van der Waals surface area (Å²) in [6, 6.07) is 0.273. The molecule has 0 bridgehead atoms. The zero-order valence-electron chi connectivity index (χ0n) is 17.5. The Labute approximate surface area is 149 Å². The van der Waals surface area contributed by atoms with Crippen LogP contribution in [-0.2, 0) is 9.59 Å². The van der Waals surface area contributed by atoms with Crippen LogP contribution in [0.4, 0.5) is 0 Å². The first-order valence-corrected chi connectivity index (χ1v) is 9.29. The third-order valence-electron chi connectivity index (χ3n) is 5.30. The van der Waals surface area contributed by atoms with E-state index in [1.54, 1.807) is 0 Å². The largest absolute Gasteiger partial charge is 0.354 e. The normalized spacial score (nSPS) is 16.5. The Morgan fingerprint density at radius 1 is 0.792 bits per heavy atom. The van der Waals surface area contributed by atoms with Crippen molar-refractivity contribution in [1.82, 2.24) is 10.6 Å². The molecule has 142 valence electrons. The topological polar surface area (TPSA) is 58.2 Å². The zero-order chi connectivity index (χ0) is 19.3. The van der Waals surface area contributed by atoms with E-state index < -0.39 is 0 Å². The third-order valence-corrected chi connectivity index (χ3v) is 5.30. The highest BCUT2D eigenvalue weighted by Crippen LogP contribution is 2.33. The van der Waals surface area contributed by atoms with E-state index in [1.165, 1.54) is 0 Å². The summed E-state index contributed by atoms with van der Waals surface area (Å²) in [4.78, 5) is 24.6. The summed E-state index contributed by atoms with van der Waals surface area (Å²) in [6.07, 6.45) is 1.76. The molecule has 0 aliphatic heterocycles. The van der Waals surface area contributed by atoms with Gasteiger partial charge < -0.3 is 10.6 Å². The van der Waals surface area contributed by atoms with Gasteiger partial charge in [-0.05, 0) is 44.4 Å². The minimum absolute atomic E-state index is 0.0243. The van der Waals surface area contributed by atoms with Gasteiger partial charge in [-0.3, -0.25) is 9.59 Å². The first kappa shape index (κ1) is 22.9. The van der Waals surface area contributed by atoms with Crippen molar-refractivity contribution in [3.05, 3.63) is 0 Å². The second-order valence-corrected chi connectivity index (χ2v) is 9.41. The number of carbonyl (C=O) groups is 2. The molecule has 1 unspecified atom stereocenters. The highest BCUT2D eigenvalue weighted by Gasteiger charge is 2.32. The Kier molecular flexibility index (Phi) is 8.47. The molecule has 0 aliphatic carbocycles. The summed E-state index contributed by atoms with van der Waals surface area (Å²) in [5.74, 6) is 0.131. The first-order valence-electron chi connectivity index (χ1n) is 9.29. The maximum Gasteiger partial charge on any atom is 0.223 e. The number of hydrogen-bond donors (Lipinski definition) is 2. The van der Waals surface area contributed by atoms with Crippen molar-refractivity contribution >= 4 is 11.8 Å². The van der Waals surface area contributed by atoms with E-state index in [9.17, 15) is 9.59 Å². The fourth-order valence-corrected chi connectivity index (χ4v) is 2.40. The average Bonchev–Trinajstić information content (AvgIpc) is 2.41. The minimum atomic E-state index is -0.104. The summed E-state index contributed by atoms with van der Waals surface area (Å²) < 4.78 is 0. The zero-order valence-corrected chi connectivity index (χ0v) is 17.5. The molecule has 2 N–H and O–H groups in total. The van der Waals surface area contributed by atoms with E-state index in [0.29, 0.717) is 0 Å². The van der Waals surface area contributed by atoms with Crippen LogP contribution in [0.1, 0.15) is 82.1 Å². The molecule has 0 spiro atoms. The Balaban J connectivity index is 4.55. The van der Waals surface area contributed by atoms with Crippen LogP contribution in [0.25, 0.3) is 0 Å². The molecular formula is C20H40N2O2.